The Hall–Kier alpha value is -1.68. The number of H-pyrrole nitrogens is 1. The topological polar surface area (TPSA) is 40.7 Å². The number of rotatable bonds is 2. The summed E-state index contributed by atoms with van der Waals surface area (Å²) in [6.45, 7) is 2.01. The first-order valence-corrected chi connectivity index (χ1v) is 5.84. The summed E-state index contributed by atoms with van der Waals surface area (Å²) in [5, 5.41) is 3.31. The maximum absolute atomic E-state index is 13.1. The van der Waals surface area contributed by atoms with Crippen LogP contribution in [0, 0.1) is 5.82 Å². The SMILES string of the molecule is Fc1cccc(-c2cnc(C3CCNC3)[nH]2)c1. The van der Waals surface area contributed by atoms with Crippen LogP contribution in [0.1, 0.15) is 18.2 Å². The summed E-state index contributed by atoms with van der Waals surface area (Å²) < 4.78 is 13.1. The molecule has 1 saturated heterocycles. The molecule has 1 aliphatic rings. The molecule has 2 N–H and O–H groups in total. The molecule has 88 valence electrons. The second-order valence-corrected chi connectivity index (χ2v) is 4.38. The number of halogens is 1. The number of imidazole rings is 1. The van der Waals surface area contributed by atoms with Crippen molar-refractivity contribution < 1.29 is 4.39 Å². The van der Waals surface area contributed by atoms with Crippen LogP contribution < -0.4 is 5.32 Å². The van der Waals surface area contributed by atoms with Crippen molar-refractivity contribution in [2.45, 2.75) is 12.3 Å². The number of nitrogens with zero attached hydrogens (tertiary/aromatic N) is 1. The highest BCUT2D eigenvalue weighted by Gasteiger charge is 2.19. The molecule has 17 heavy (non-hydrogen) atoms. The highest BCUT2D eigenvalue weighted by molar-refractivity contribution is 5.58. The van der Waals surface area contributed by atoms with Gasteiger partial charge < -0.3 is 10.3 Å². The second-order valence-electron chi connectivity index (χ2n) is 4.38. The molecule has 1 aromatic heterocycles. The van der Waals surface area contributed by atoms with Gasteiger partial charge in [-0.1, -0.05) is 12.1 Å². The van der Waals surface area contributed by atoms with Gasteiger partial charge in [0.05, 0.1) is 11.9 Å². The average Bonchev–Trinajstić information content (AvgIpc) is 3.00. The van der Waals surface area contributed by atoms with E-state index in [0.717, 1.165) is 36.6 Å². The summed E-state index contributed by atoms with van der Waals surface area (Å²) in [5.74, 6) is 1.23. The van der Waals surface area contributed by atoms with Crippen LogP contribution >= 0.6 is 0 Å². The van der Waals surface area contributed by atoms with Gasteiger partial charge in [-0.2, -0.15) is 0 Å². The quantitative estimate of drug-likeness (QED) is 0.832. The Labute approximate surface area is 99.1 Å². The molecule has 1 aromatic carbocycles. The zero-order valence-electron chi connectivity index (χ0n) is 9.41. The Morgan fingerprint density at radius 1 is 1.35 bits per heavy atom. The molecule has 0 aliphatic carbocycles. The van der Waals surface area contributed by atoms with Crippen molar-refractivity contribution in [3.63, 3.8) is 0 Å². The van der Waals surface area contributed by atoms with Crippen LogP contribution in [-0.2, 0) is 0 Å². The Balaban J connectivity index is 1.89. The third kappa shape index (κ3) is 2.08. The van der Waals surface area contributed by atoms with Gasteiger partial charge >= 0.3 is 0 Å². The first-order chi connectivity index (χ1) is 8.33. The molecule has 0 spiro atoms. The van der Waals surface area contributed by atoms with E-state index >= 15 is 0 Å². The molecule has 1 fully saturated rings. The molecule has 0 saturated carbocycles. The van der Waals surface area contributed by atoms with E-state index in [1.807, 2.05) is 6.07 Å². The minimum absolute atomic E-state index is 0.221. The van der Waals surface area contributed by atoms with E-state index in [-0.39, 0.29) is 5.82 Å². The predicted molar refractivity (Wildman–Crippen MR) is 64.2 cm³/mol. The summed E-state index contributed by atoms with van der Waals surface area (Å²) in [5.41, 5.74) is 1.72. The lowest BCUT2D eigenvalue weighted by molar-refractivity contribution is 0.628. The number of aromatic amines is 1. The molecule has 1 atom stereocenters. The zero-order chi connectivity index (χ0) is 11.7. The molecular weight excluding hydrogens is 217 g/mol. The fourth-order valence-corrected chi connectivity index (χ4v) is 2.23. The van der Waals surface area contributed by atoms with Gasteiger partial charge in [-0.05, 0) is 25.1 Å². The fourth-order valence-electron chi connectivity index (χ4n) is 2.23. The van der Waals surface area contributed by atoms with Crippen molar-refractivity contribution in [3.05, 3.63) is 42.1 Å². The third-order valence-electron chi connectivity index (χ3n) is 3.18. The summed E-state index contributed by atoms with van der Waals surface area (Å²) >= 11 is 0. The molecule has 3 rings (SSSR count). The molecule has 1 aliphatic heterocycles. The van der Waals surface area contributed by atoms with Crippen LogP contribution in [0.2, 0.25) is 0 Å². The molecule has 2 aromatic rings. The third-order valence-corrected chi connectivity index (χ3v) is 3.18. The fraction of sp³-hybridized carbons (Fsp3) is 0.308. The van der Waals surface area contributed by atoms with E-state index < -0.39 is 0 Å². The van der Waals surface area contributed by atoms with Crippen molar-refractivity contribution in [2.75, 3.05) is 13.1 Å². The van der Waals surface area contributed by atoms with E-state index in [1.165, 1.54) is 12.1 Å². The van der Waals surface area contributed by atoms with Crippen LogP contribution in [0.3, 0.4) is 0 Å². The minimum atomic E-state index is -0.221. The lowest BCUT2D eigenvalue weighted by Crippen LogP contribution is -2.08. The Morgan fingerprint density at radius 3 is 3.06 bits per heavy atom. The molecule has 0 bridgehead atoms. The van der Waals surface area contributed by atoms with Crippen molar-refractivity contribution in [1.82, 2.24) is 15.3 Å². The van der Waals surface area contributed by atoms with E-state index in [9.17, 15) is 4.39 Å². The first kappa shape index (κ1) is 10.5. The largest absolute Gasteiger partial charge is 0.342 e. The van der Waals surface area contributed by atoms with Gasteiger partial charge in [0, 0.05) is 18.0 Å². The van der Waals surface area contributed by atoms with Gasteiger partial charge in [-0.15, -0.1) is 0 Å². The zero-order valence-corrected chi connectivity index (χ0v) is 9.41. The molecule has 1 unspecified atom stereocenters. The van der Waals surface area contributed by atoms with Gasteiger partial charge in [0.25, 0.3) is 0 Å². The maximum Gasteiger partial charge on any atom is 0.123 e. The maximum atomic E-state index is 13.1. The van der Waals surface area contributed by atoms with Crippen LogP contribution in [-0.4, -0.2) is 23.1 Å². The normalized spacial score (nSPS) is 19.7. The molecular formula is C13H14FN3. The molecule has 3 nitrogen and oxygen atoms in total. The Bertz CT molecular complexity index is 515. The van der Waals surface area contributed by atoms with Crippen molar-refractivity contribution in [2.24, 2.45) is 0 Å². The number of benzene rings is 1. The smallest absolute Gasteiger partial charge is 0.123 e. The number of nitrogens with one attached hydrogen (secondary N) is 2. The average molecular weight is 231 g/mol. The van der Waals surface area contributed by atoms with Crippen LogP contribution in [0.5, 0.6) is 0 Å². The first-order valence-electron chi connectivity index (χ1n) is 5.84. The summed E-state index contributed by atoms with van der Waals surface area (Å²) in [7, 11) is 0. The Kier molecular flexibility index (Phi) is 2.65. The molecule has 4 heteroatoms. The van der Waals surface area contributed by atoms with Gasteiger partial charge in [-0.3, -0.25) is 0 Å². The number of aromatic nitrogens is 2. The molecule has 0 amide bonds. The highest BCUT2D eigenvalue weighted by Crippen LogP contribution is 2.23. The van der Waals surface area contributed by atoms with Gasteiger partial charge in [-0.25, -0.2) is 9.37 Å². The Morgan fingerprint density at radius 2 is 2.29 bits per heavy atom. The standard InChI is InChI=1S/C13H14FN3/c14-11-3-1-2-9(6-11)12-8-16-13(17-12)10-4-5-15-7-10/h1-3,6,8,10,15H,4-5,7H2,(H,16,17). The monoisotopic (exact) mass is 231 g/mol. The summed E-state index contributed by atoms with van der Waals surface area (Å²) in [4.78, 5) is 7.67. The lowest BCUT2D eigenvalue weighted by atomic mass is 10.1. The van der Waals surface area contributed by atoms with E-state index in [1.54, 1.807) is 12.3 Å². The van der Waals surface area contributed by atoms with E-state index in [0.29, 0.717) is 5.92 Å². The van der Waals surface area contributed by atoms with E-state index in [4.69, 9.17) is 0 Å². The lowest BCUT2D eigenvalue weighted by Gasteiger charge is -2.03. The molecule has 2 heterocycles. The highest BCUT2D eigenvalue weighted by atomic mass is 19.1. The minimum Gasteiger partial charge on any atom is -0.342 e. The van der Waals surface area contributed by atoms with Crippen molar-refractivity contribution >= 4 is 0 Å². The number of hydrogen-bond acceptors (Lipinski definition) is 2. The van der Waals surface area contributed by atoms with Crippen molar-refractivity contribution in [1.29, 1.82) is 0 Å². The van der Waals surface area contributed by atoms with Gasteiger partial charge in [0.2, 0.25) is 0 Å². The van der Waals surface area contributed by atoms with E-state index in [2.05, 4.69) is 15.3 Å². The second kappa shape index (κ2) is 4.30. The predicted octanol–water partition coefficient (Wildman–Crippen LogP) is 2.29. The van der Waals surface area contributed by atoms with Crippen molar-refractivity contribution in [3.8, 4) is 11.3 Å². The van der Waals surface area contributed by atoms with Crippen LogP contribution in [0.15, 0.2) is 30.5 Å². The van der Waals surface area contributed by atoms with Crippen LogP contribution in [0.4, 0.5) is 4.39 Å². The molecule has 0 radical (unpaired) electrons. The van der Waals surface area contributed by atoms with Crippen LogP contribution in [0.25, 0.3) is 11.3 Å². The summed E-state index contributed by atoms with van der Waals surface area (Å²) in [6, 6.07) is 6.56. The summed E-state index contributed by atoms with van der Waals surface area (Å²) in [6.07, 6.45) is 2.89. The van der Waals surface area contributed by atoms with Gasteiger partial charge in [0.1, 0.15) is 11.6 Å². The van der Waals surface area contributed by atoms with Gasteiger partial charge in [0.15, 0.2) is 0 Å². The number of hydrogen-bond donors (Lipinski definition) is 2.